The number of thiophene rings is 1. The molecule has 2 rings (SSSR count). The van der Waals surface area contributed by atoms with Crippen LogP contribution in [0.1, 0.15) is 17.2 Å². The van der Waals surface area contributed by atoms with E-state index in [4.69, 9.17) is 5.73 Å². The summed E-state index contributed by atoms with van der Waals surface area (Å²) in [5, 5.41) is 0. The molecule has 1 unspecified atom stereocenters. The van der Waals surface area contributed by atoms with Crippen LogP contribution in [-0.4, -0.2) is 0 Å². The van der Waals surface area contributed by atoms with Crippen molar-refractivity contribution in [2.75, 3.05) is 0 Å². The fourth-order valence-corrected chi connectivity index (χ4v) is 4.64. The summed E-state index contributed by atoms with van der Waals surface area (Å²) in [5.74, 6) is -1.14. The zero-order chi connectivity index (χ0) is 13.3. The maximum atomic E-state index is 13.5. The van der Waals surface area contributed by atoms with Crippen LogP contribution in [-0.2, 0) is 6.42 Å². The number of hydrogen-bond donors (Lipinski definition) is 1. The molecule has 1 aromatic heterocycles. The van der Waals surface area contributed by atoms with Gasteiger partial charge in [-0.2, -0.15) is 0 Å². The Morgan fingerprint density at radius 1 is 1.22 bits per heavy atom. The second kappa shape index (κ2) is 5.77. The van der Waals surface area contributed by atoms with Crippen LogP contribution in [0, 0.1) is 11.6 Å². The molecular formula is C12H9Br2F2NS. The maximum absolute atomic E-state index is 13.5. The first kappa shape index (κ1) is 14.1. The molecule has 2 N–H and O–H groups in total. The Labute approximate surface area is 124 Å². The van der Waals surface area contributed by atoms with E-state index < -0.39 is 11.6 Å². The molecule has 1 heterocycles. The molecule has 0 amide bonds. The first-order valence-corrected chi connectivity index (χ1v) is 7.52. The van der Waals surface area contributed by atoms with Crippen LogP contribution in [0.4, 0.5) is 8.78 Å². The standard InChI is InChI=1S/C12H9Br2F2NS/c13-11-5-8(12(14)18-11)10(17)3-6-1-2-7(15)4-9(6)16/h1-2,4-5,10H,3,17H2. The highest BCUT2D eigenvalue weighted by molar-refractivity contribution is 9.12. The average molecular weight is 397 g/mol. The fraction of sp³-hybridized carbons (Fsp3) is 0.167. The predicted molar refractivity (Wildman–Crippen MR) is 76.7 cm³/mol. The van der Waals surface area contributed by atoms with Gasteiger partial charge in [0.1, 0.15) is 11.6 Å². The molecule has 18 heavy (non-hydrogen) atoms. The van der Waals surface area contributed by atoms with Crippen LogP contribution in [0.2, 0.25) is 0 Å². The highest BCUT2D eigenvalue weighted by Gasteiger charge is 2.16. The van der Waals surface area contributed by atoms with E-state index in [2.05, 4.69) is 31.9 Å². The summed E-state index contributed by atoms with van der Waals surface area (Å²) in [6.07, 6.45) is 0.327. The number of rotatable bonds is 3. The molecule has 96 valence electrons. The summed E-state index contributed by atoms with van der Waals surface area (Å²) in [5.41, 5.74) is 7.37. The summed E-state index contributed by atoms with van der Waals surface area (Å²) in [4.78, 5) is 0. The lowest BCUT2D eigenvalue weighted by Gasteiger charge is -2.11. The molecule has 0 fully saturated rings. The molecule has 0 aliphatic carbocycles. The zero-order valence-corrected chi connectivity index (χ0v) is 13.1. The van der Waals surface area contributed by atoms with E-state index in [-0.39, 0.29) is 6.04 Å². The van der Waals surface area contributed by atoms with Crippen molar-refractivity contribution in [1.82, 2.24) is 0 Å². The zero-order valence-electron chi connectivity index (χ0n) is 9.09. The SMILES string of the molecule is NC(Cc1ccc(F)cc1F)c1cc(Br)sc1Br. The quantitative estimate of drug-likeness (QED) is 0.792. The van der Waals surface area contributed by atoms with E-state index in [1.165, 1.54) is 23.5 Å². The van der Waals surface area contributed by atoms with E-state index in [1.54, 1.807) is 0 Å². The molecule has 1 aromatic carbocycles. The Kier molecular flexibility index (Phi) is 4.53. The van der Waals surface area contributed by atoms with Gasteiger partial charge in [0, 0.05) is 12.1 Å². The third-order valence-corrected chi connectivity index (χ3v) is 4.92. The van der Waals surface area contributed by atoms with Crippen molar-refractivity contribution >= 4 is 43.2 Å². The molecule has 0 saturated heterocycles. The molecule has 0 saturated carbocycles. The Morgan fingerprint density at radius 2 is 1.94 bits per heavy atom. The second-order valence-corrected chi connectivity index (χ2v) is 7.58. The summed E-state index contributed by atoms with van der Waals surface area (Å²) in [7, 11) is 0. The third kappa shape index (κ3) is 3.17. The highest BCUT2D eigenvalue weighted by atomic mass is 79.9. The van der Waals surface area contributed by atoms with Gasteiger partial charge in [-0.3, -0.25) is 0 Å². The predicted octanol–water partition coefficient (Wildman–Crippen LogP) is 4.79. The average Bonchev–Trinajstić information content (AvgIpc) is 2.62. The highest BCUT2D eigenvalue weighted by Crippen LogP contribution is 2.35. The number of nitrogens with two attached hydrogens (primary N) is 1. The van der Waals surface area contributed by atoms with Crippen LogP contribution >= 0.6 is 43.2 Å². The normalized spacial score (nSPS) is 12.7. The van der Waals surface area contributed by atoms with Crippen molar-refractivity contribution < 1.29 is 8.78 Å². The Morgan fingerprint density at radius 3 is 2.50 bits per heavy atom. The number of benzene rings is 1. The number of hydrogen-bond acceptors (Lipinski definition) is 2. The monoisotopic (exact) mass is 395 g/mol. The maximum Gasteiger partial charge on any atom is 0.129 e. The molecule has 0 aliphatic heterocycles. The van der Waals surface area contributed by atoms with Gasteiger partial charge in [0.05, 0.1) is 7.57 Å². The van der Waals surface area contributed by atoms with Gasteiger partial charge in [0.15, 0.2) is 0 Å². The fourth-order valence-electron chi connectivity index (χ4n) is 1.64. The van der Waals surface area contributed by atoms with E-state index in [0.29, 0.717) is 12.0 Å². The van der Waals surface area contributed by atoms with Crippen molar-refractivity contribution in [2.24, 2.45) is 5.73 Å². The lowest BCUT2D eigenvalue weighted by molar-refractivity contribution is 0.563. The molecule has 6 heteroatoms. The van der Waals surface area contributed by atoms with Crippen LogP contribution in [0.3, 0.4) is 0 Å². The van der Waals surface area contributed by atoms with Gasteiger partial charge in [-0.25, -0.2) is 8.78 Å². The molecular weight excluding hydrogens is 388 g/mol. The van der Waals surface area contributed by atoms with Crippen molar-refractivity contribution in [1.29, 1.82) is 0 Å². The van der Waals surface area contributed by atoms with E-state index in [1.807, 2.05) is 6.07 Å². The van der Waals surface area contributed by atoms with Crippen molar-refractivity contribution in [2.45, 2.75) is 12.5 Å². The lowest BCUT2D eigenvalue weighted by atomic mass is 10.0. The van der Waals surface area contributed by atoms with Gasteiger partial charge in [0.25, 0.3) is 0 Å². The van der Waals surface area contributed by atoms with Crippen LogP contribution in [0.25, 0.3) is 0 Å². The molecule has 2 aromatic rings. The minimum Gasteiger partial charge on any atom is -0.324 e. The van der Waals surface area contributed by atoms with Crippen molar-refractivity contribution in [3.8, 4) is 0 Å². The van der Waals surface area contributed by atoms with E-state index in [9.17, 15) is 8.78 Å². The summed E-state index contributed by atoms with van der Waals surface area (Å²) in [6.45, 7) is 0. The molecule has 1 atom stereocenters. The van der Waals surface area contributed by atoms with E-state index >= 15 is 0 Å². The Bertz CT molecular complexity index is 571. The smallest absolute Gasteiger partial charge is 0.129 e. The van der Waals surface area contributed by atoms with Crippen molar-refractivity contribution in [3.63, 3.8) is 0 Å². The van der Waals surface area contributed by atoms with Gasteiger partial charge < -0.3 is 5.73 Å². The van der Waals surface area contributed by atoms with Crippen LogP contribution in [0.5, 0.6) is 0 Å². The first-order chi connectivity index (χ1) is 8.47. The van der Waals surface area contributed by atoms with Gasteiger partial charge in [-0.1, -0.05) is 6.07 Å². The van der Waals surface area contributed by atoms with Gasteiger partial charge >= 0.3 is 0 Å². The molecule has 0 aliphatic rings. The minimum atomic E-state index is -0.579. The largest absolute Gasteiger partial charge is 0.324 e. The van der Waals surface area contributed by atoms with Crippen LogP contribution < -0.4 is 5.73 Å². The summed E-state index contributed by atoms with van der Waals surface area (Å²) >= 11 is 8.30. The van der Waals surface area contributed by atoms with Gasteiger partial charge in [0.2, 0.25) is 0 Å². The van der Waals surface area contributed by atoms with E-state index in [0.717, 1.165) is 19.2 Å². The topological polar surface area (TPSA) is 26.0 Å². The second-order valence-electron chi connectivity index (χ2n) is 3.83. The number of halogens is 4. The minimum absolute atomic E-state index is 0.327. The van der Waals surface area contributed by atoms with Crippen molar-refractivity contribution in [3.05, 3.63) is 54.6 Å². The van der Waals surface area contributed by atoms with Crippen LogP contribution in [0.15, 0.2) is 31.8 Å². The molecule has 1 nitrogen and oxygen atoms in total. The Balaban J connectivity index is 2.21. The van der Waals surface area contributed by atoms with Gasteiger partial charge in [-0.15, -0.1) is 11.3 Å². The summed E-state index contributed by atoms with van der Waals surface area (Å²) < 4.78 is 28.2. The first-order valence-electron chi connectivity index (χ1n) is 5.11. The summed E-state index contributed by atoms with van der Waals surface area (Å²) in [6, 6.07) is 5.12. The lowest BCUT2D eigenvalue weighted by Crippen LogP contribution is -2.14. The van der Waals surface area contributed by atoms with Gasteiger partial charge in [-0.05, 0) is 61.5 Å². The Hall–Kier alpha value is -0.300. The third-order valence-electron chi connectivity index (χ3n) is 2.54. The molecule has 0 radical (unpaired) electrons. The molecule has 0 spiro atoms. The molecule has 0 bridgehead atoms.